The third kappa shape index (κ3) is 3.45. The molecular weight excluding hydrogens is 234 g/mol. The molecule has 0 aromatic heterocycles. The monoisotopic (exact) mass is 257 g/mol. The molecule has 1 aliphatic rings. The van der Waals surface area contributed by atoms with Crippen molar-refractivity contribution >= 4 is 11.9 Å². The van der Waals surface area contributed by atoms with Gasteiger partial charge in [-0.2, -0.15) is 0 Å². The Morgan fingerprint density at radius 2 is 2.11 bits per heavy atom. The van der Waals surface area contributed by atoms with Crippen LogP contribution in [0.5, 0.6) is 0 Å². The second-order valence-electron chi connectivity index (χ2n) is 5.54. The van der Waals surface area contributed by atoms with Crippen molar-refractivity contribution in [3.05, 3.63) is 0 Å². The van der Waals surface area contributed by atoms with Crippen LogP contribution in [0.2, 0.25) is 0 Å². The predicted molar refractivity (Wildman–Crippen MR) is 67.2 cm³/mol. The highest BCUT2D eigenvalue weighted by Gasteiger charge is 2.43. The van der Waals surface area contributed by atoms with E-state index in [1.54, 1.807) is 4.90 Å². The lowest BCUT2D eigenvalue weighted by atomic mass is 9.80. The van der Waals surface area contributed by atoms with Gasteiger partial charge in [0.15, 0.2) is 0 Å². The topological polar surface area (TPSA) is 66.8 Å². The summed E-state index contributed by atoms with van der Waals surface area (Å²) >= 11 is 0. The van der Waals surface area contributed by atoms with Gasteiger partial charge in [-0.05, 0) is 18.8 Å². The normalized spacial score (nSPS) is 24.3. The zero-order valence-electron chi connectivity index (χ0n) is 11.4. The molecule has 1 heterocycles. The molecule has 1 atom stereocenters. The molecule has 0 bridgehead atoms. The van der Waals surface area contributed by atoms with Gasteiger partial charge in [0.2, 0.25) is 5.91 Å². The molecule has 104 valence electrons. The SMILES string of the molecule is COCC1(C(=O)O)CCCN(C(=O)CC(C)C)C1. The van der Waals surface area contributed by atoms with Crippen LogP contribution in [0.1, 0.15) is 33.1 Å². The van der Waals surface area contributed by atoms with E-state index in [1.807, 2.05) is 13.8 Å². The second kappa shape index (κ2) is 6.18. The van der Waals surface area contributed by atoms with Gasteiger partial charge >= 0.3 is 5.97 Å². The smallest absolute Gasteiger partial charge is 0.313 e. The van der Waals surface area contributed by atoms with E-state index >= 15 is 0 Å². The molecule has 1 rings (SSSR count). The number of amides is 1. The Balaban J connectivity index is 2.74. The molecule has 0 aromatic rings. The van der Waals surface area contributed by atoms with Crippen molar-refractivity contribution in [2.45, 2.75) is 33.1 Å². The molecule has 0 spiro atoms. The van der Waals surface area contributed by atoms with Gasteiger partial charge in [-0.25, -0.2) is 0 Å². The van der Waals surface area contributed by atoms with Crippen LogP contribution in [0.25, 0.3) is 0 Å². The molecule has 5 heteroatoms. The van der Waals surface area contributed by atoms with E-state index in [2.05, 4.69) is 0 Å². The highest BCUT2D eigenvalue weighted by atomic mass is 16.5. The second-order valence-corrected chi connectivity index (χ2v) is 5.54. The predicted octanol–water partition coefficient (Wildman–Crippen LogP) is 1.37. The maximum Gasteiger partial charge on any atom is 0.313 e. The number of aliphatic carboxylic acids is 1. The van der Waals surface area contributed by atoms with E-state index in [0.717, 1.165) is 6.42 Å². The number of carbonyl (C=O) groups is 2. The van der Waals surface area contributed by atoms with Gasteiger partial charge in [0.05, 0.1) is 6.61 Å². The van der Waals surface area contributed by atoms with Crippen molar-refractivity contribution in [3.63, 3.8) is 0 Å². The molecule has 5 nitrogen and oxygen atoms in total. The van der Waals surface area contributed by atoms with E-state index in [4.69, 9.17) is 4.74 Å². The fourth-order valence-electron chi connectivity index (χ4n) is 2.45. The van der Waals surface area contributed by atoms with E-state index in [-0.39, 0.29) is 19.1 Å². The van der Waals surface area contributed by atoms with Crippen LogP contribution >= 0.6 is 0 Å². The van der Waals surface area contributed by atoms with Gasteiger partial charge in [-0.3, -0.25) is 9.59 Å². The summed E-state index contributed by atoms with van der Waals surface area (Å²) in [5.41, 5.74) is -0.931. The standard InChI is InChI=1S/C13H23NO4/c1-10(2)7-11(15)14-6-4-5-13(8-14,9-18-3)12(16)17/h10H,4-9H2,1-3H3,(H,16,17). The number of carboxylic acid groups (broad SMARTS) is 1. The third-order valence-electron chi connectivity index (χ3n) is 3.39. The summed E-state index contributed by atoms with van der Waals surface area (Å²) in [4.78, 5) is 25.1. The average molecular weight is 257 g/mol. The molecule has 1 aliphatic heterocycles. The summed E-state index contributed by atoms with van der Waals surface area (Å²) in [5.74, 6) is -0.529. The number of ether oxygens (including phenoxy) is 1. The van der Waals surface area contributed by atoms with Crippen molar-refractivity contribution < 1.29 is 19.4 Å². The van der Waals surface area contributed by atoms with Crippen molar-refractivity contribution in [2.24, 2.45) is 11.3 Å². The zero-order chi connectivity index (χ0) is 13.8. The van der Waals surface area contributed by atoms with Gasteiger partial charge < -0.3 is 14.7 Å². The third-order valence-corrected chi connectivity index (χ3v) is 3.39. The lowest BCUT2D eigenvalue weighted by Gasteiger charge is -2.39. The molecular formula is C13H23NO4. The minimum atomic E-state index is -0.931. The van der Waals surface area contributed by atoms with Crippen molar-refractivity contribution in [3.8, 4) is 0 Å². The number of carbonyl (C=O) groups excluding carboxylic acids is 1. The summed E-state index contributed by atoms with van der Waals surface area (Å²) in [7, 11) is 1.50. The van der Waals surface area contributed by atoms with Crippen LogP contribution in [0, 0.1) is 11.3 Å². The Morgan fingerprint density at radius 1 is 1.44 bits per heavy atom. The number of rotatable bonds is 5. The Hall–Kier alpha value is -1.10. The fourth-order valence-corrected chi connectivity index (χ4v) is 2.45. The van der Waals surface area contributed by atoms with Crippen LogP contribution in [0.4, 0.5) is 0 Å². The molecule has 1 saturated heterocycles. The highest BCUT2D eigenvalue weighted by molar-refractivity contribution is 5.80. The van der Waals surface area contributed by atoms with Crippen molar-refractivity contribution in [1.29, 1.82) is 0 Å². The summed E-state index contributed by atoms with van der Waals surface area (Å²) in [5, 5.41) is 9.38. The molecule has 18 heavy (non-hydrogen) atoms. The number of hydrogen-bond acceptors (Lipinski definition) is 3. The Kier molecular flexibility index (Phi) is 5.14. The highest BCUT2D eigenvalue weighted by Crippen LogP contribution is 2.31. The number of nitrogens with zero attached hydrogens (tertiary/aromatic N) is 1. The number of piperidine rings is 1. The van der Waals surface area contributed by atoms with E-state index in [0.29, 0.717) is 25.3 Å². The fraction of sp³-hybridized carbons (Fsp3) is 0.846. The first-order chi connectivity index (χ1) is 8.41. The van der Waals surface area contributed by atoms with E-state index in [1.165, 1.54) is 7.11 Å². The largest absolute Gasteiger partial charge is 0.481 e. The Morgan fingerprint density at radius 3 is 2.61 bits per heavy atom. The van der Waals surface area contributed by atoms with Gasteiger partial charge in [0.25, 0.3) is 0 Å². The Bertz CT molecular complexity index is 312. The van der Waals surface area contributed by atoms with Gasteiger partial charge in [-0.15, -0.1) is 0 Å². The van der Waals surface area contributed by atoms with Crippen LogP contribution in [0.3, 0.4) is 0 Å². The first-order valence-electron chi connectivity index (χ1n) is 6.41. The van der Waals surface area contributed by atoms with Crippen LogP contribution < -0.4 is 0 Å². The average Bonchev–Trinajstić information content (AvgIpc) is 2.28. The minimum absolute atomic E-state index is 0.0476. The first kappa shape index (κ1) is 15.0. The molecule has 1 fully saturated rings. The molecule has 0 saturated carbocycles. The number of methoxy groups -OCH3 is 1. The first-order valence-corrected chi connectivity index (χ1v) is 6.41. The van der Waals surface area contributed by atoms with Crippen molar-refractivity contribution in [2.75, 3.05) is 26.8 Å². The van der Waals surface area contributed by atoms with E-state index in [9.17, 15) is 14.7 Å². The summed E-state index contributed by atoms with van der Waals surface area (Å²) in [6.07, 6.45) is 1.77. The van der Waals surface area contributed by atoms with Crippen molar-refractivity contribution in [1.82, 2.24) is 4.90 Å². The summed E-state index contributed by atoms with van der Waals surface area (Å²) in [6, 6.07) is 0. The Labute approximate surface area is 108 Å². The molecule has 1 unspecified atom stereocenters. The molecule has 0 aromatic carbocycles. The van der Waals surface area contributed by atoms with Crippen LogP contribution in [-0.2, 0) is 14.3 Å². The van der Waals surface area contributed by atoms with Crippen LogP contribution in [-0.4, -0.2) is 48.7 Å². The lowest BCUT2D eigenvalue weighted by molar-refractivity contribution is -0.159. The molecule has 1 amide bonds. The van der Waals surface area contributed by atoms with Crippen LogP contribution in [0.15, 0.2) is 0 Å². The number of likely N-dealkylation sites (tertiary alicyclic amines) is 1. The quantitative estimate of drug-likeness (QED) is 0.808. The molecule has 0 aliphatic carbocycles. The summed E-state index contributed by atoms with van der Waals surface area (Å²) in [6.45, 7) is 5.06. The number of hydrogen-bond donors (Lipinski definition) is 1. The lowest BCUT2D eigenvalue weighted by Crippen LogP contribution is -2.52. The van der Waals surface area contributed by atoms with Gasteiger partial charge in [-0.1, -0.05) is 13.8 Å². The summed E-state index contributed by atoms with van der Waals surface area (Å²) < 4.78 is 5.04. The van der Waals surface area contributed by atoms with E-state index < -0.39 is 11.4 Å². The minimum Gasteiger partial charge on any atom is -0.481 e. The van der Waals surface area contributed by atoms with Gasteiger partial charge in [0, 0.05) is 26.6 Å². The maximum absolute atomic E-state index is 12.0. The number of carboxylic acids is 1. The maximum atomic E-state index is 12.0. The molecule has 1 N–H and O–H groups in total. The van der Waals surface area contributed by atoms with Gasteiger partial charge in [0.1, 0.15) is 5.41 Å². The zero-order valence-corrected chi connectivity index (χ0v) is 11.4. The molecule has 0 radical (unpaired) electrons.